The molecule has 0 N–H and O–H groups in total. The van der Waals surface area contributed by atoms with E-state index >= 15 is 0 Å². The summed E-state index contributed by atoms with van der Waals surface area (Å²) >= 11 is 2.77. The van der Waals surface area contributed by atoms with Gasteiger partial charge in [0.25, 0.3) is 15.5 Å². The van der Waals surface area contributed by atoms with Crippen LogP contribution in [0.25, 0.3) is 0 Å². The first-order valence-electron chi connectivity index (χ1n) is 4.53. The molecule has 1 heterocycles. The van der Waals surface area contributed by atoms with Crippen molar-refractivity contribution < 1.29 is 35.1 Å². The van der Waals surface area contributed by atoms with E-state index in [1.807, 2.05) is 0 Å². The highest BCUT2D eigenvalue weighted by Gasteiger charge is 2.38. The minimum atomic E-state index is -5.37. The molecule has 114 valence electrons. The normalized spacial score (nSPS) is 12.8. The number of nitrogens with zero attached hydrogens (tertiary/aromatic N) is 1. The van der Waals surface area contributed by atoms with Crippen LogP contribution in [0.1, 0.15) is 17.7 Å². The maximum atomic E-state index is 12.7. The molecule has 0 bridgehead atoms. The Morgan fingerprint density at radius 2 is 1.95 bits per heavy atom. The van der Waals surface area contributed by atoms with Gasteiger partial charge in [0.15, 0.2) is 5.75 Å². The number of aromatic nitrogens is 1. The van der Waals surface area contributed by atoms with Gasteiger partial charge in [-0.05, 0) is 0 Å². The predicted molar refractivity (Wildman–Crippen MR) is 61.5 cm³/mol. The Balaban J connectivity index is 3.70. The van der Waals surface area contributed by atoms with Gasteiger partial charge in [-0.3, -0.25) is 4.98 Å². The summed E-state index contributed by atoms with van der Waals surface area (Å²) in [4.78, 5) is 2.09. The van der Waals surface area contributed by atoms with Gasteiger partial charge in [-0.15, -0.1) is 13.2 Å². The SMILES string of the molecule is O=S(=O)(Cl)c1c(CBr)ncc(C(F)F)c1OC(F)(F)F. The maximum Gasteiger partial charge on any atom is 0.573 e. The molecule has 1 aromatic heterocycles. The molecule has 0 atom stereocenters. The molecule has 0 saturated carbocycles. The number of halogens is 7. The van der Waals surface area contributed by atoms with Gasteiger partial charge < -0.3 is 4.74 Å². The fourth-order valence-corrected chi connectivity index (χ4v) is 3.13. The van der Waals surface area contributed by atoms with Gasteiger partial charge >= 0.3 is 6.36 Å². The van der Waals surface area contributed by atoms with E-state index in [4.69, 9.17) is 10.7 Å². The van der Waals surface area contributed by atoms with E-state index in [1.54, 1.807) is 0 Å². The number of pyridine rings is 1. The van der Waals surface area contributed by atoms with Crippen LogP contribution in [0.2, 0.25) is 0 Å². The van der Waals surface area contributed by atoms with Crippen molar-refractivity contribution in [3.05, 3.63) is 17.5 Å². The maximum absolute atomic E-state index is 12.7. The van der Waals surface area contributed by atoms with Gasteiger partial charge in [0.05, 0.1) is 11.3 Å². The first kappa shape index (κ1) is 17.4. The van der Waals surface area contributed by atoms with E-state index in [0.717, 1.165) is 0 Å². The van der Waals surface area contributed by atoms with Gasteiger partial charge in [0, 0.05) is 22.2 Å². The summed E-state index contributed by atoms with van der Waals surface area (Å²) in [6.07, 6.45) is -8.40. The van der Waals surface area contributed by atoms with Gasteiger partial charge in [-0.25, -0.2) is 17.2 Å². The average molecular weight is 405 g/mol. The molecule has 1 aromatic rings. The topological polar surface area (TPSA) is 56.3 Å². The van der Waals surface area contributed by atoms with E-state index in [2.05, 4.69) is 25.7 Å². The van der Waals surface area contributed by atoms with Crippen LogP contribution in [-0.2, 0) is 14.4 Å². The number of hydrogen-bond acceptors (Lipinski definition) is 4. The zero-order valence-electron chi connectivity index (χ0n) is 9.09. The molecule has 0 amide bonds. The monoisotopic (exact) mass is 403 g/mol. The smallest absolute Gasteiger partial charge is 0.404 e. The number of ether oxygens (including phenoxy) is 1. The van der Waals surface area contributed by atoms with Crippen molar-refractivity contribution in [2.24, 2.45) is 0 Å². The lowest BCUT2D eigenvalue weighted by Crippen LogP contribution is -2.20. The standard InChI is InChI=1S/C8H4BrClF5NO3S/c9-1-4-6(20(10,17)18)5(19-8(13,14)15)3(2-16-4)7(11)12/h2,7H,1H2. The van der Waals surface area contributed by atoms with E-state index < -0.39 is 43.7 Å². The summed E-state index contributed by atoms with van der Waals surface area (Å²) < 4.78 is 88.1. The molecule has 0 unspecified atom stereocenters. The molecule has 1 rings (SSSR count). The zero-order valence-corrected chi connectivity index (χ0v) is 12.2. The second kappa shape index (κ2) is 5.98. The van der Waals surface area contributed by atoms with Crippen LogP contribution < -0.4 is 4.74 Å². The third-order valence-corrected chi connectivity index (χ3v) is 3.82. The van der Waals surface area contributed by atoms with Crippen LogP contribution in [-0.4, -0.2) is 19.8 Å². The van der Waals surface area contributed by atoms with Gasteiger partial charge in [0.2, 0.25) is 0 Å². The van der Waals surface area contributed by atoms with Gasteiger partial charge in [-0.1, -0.05) is 15.9 Å². The molecular weight excluding hydrogens is 401 g/mol. The molecule has 0 aliphatic heterocycles. The van der Waals surface area contributed by atoms with Crippen molar-refractivity contribution in [2.75, 3.05) is 0 Å². The highest BCUT2D eigenvalue weighted by atomic mass is 79.9. The molecule has 0 fully saturated rings. The summed E-state index contributed by atoms with van der Waals surface area (Å²) in [6, 6.07) is 0. The predicted octanol–water partition coefficient (Wildman–Crippen LogP) is 3.74. The molecule has 0 aliphatic carbocycles. The molecule has 0 spiro atoms. The van der Waals surface area contributed by atoms with Crippen molar-refractivity contribution in [1.82, 2.24) is 4.98 Å². The number of alkyl halides is 6. The summed E-state index contributed by atoms with van der Waals surface area (Å²) in [5, 5.41) is -0.327. The Kier molecular flexibility index (Phi) is 5.19. The van der Waals surface area contributed by atoms with Crippen LogP contribution in [0.5, 0.6) is 5.75 Å². The third-order valence-electron chi connectivity index (χ3n) is 1.91. The first-order valence-corrected chi connectivity index (χ1v) is 7.96. The van der Waals surface area contributed by atoms with Crippen LogP contribution in [0.15, 0.2) is 11.1 Å². The van der Waals surface area contributed by atoms with E-state index in [0.29, 0.717) is 6.20 Å². The summed E-state index contributed by atoms with van der Waals surface area (Å²) in [7, 11) is 0.189. The highest BCUT2D eigenvalue weighted by Crippen LogP contribution is 2.40. The number of rotatable bonds is 4. The lowest BCUT2D eigenvalue weighted by atomic mass is 10.2. The lowest BCUT2D eigenvalue weighted by molar-refractivity contribution is -0.276. The van der Waals surface area contributed by atoms with Crippen molar-refractivity contribution in [1.29, 1.82) is 0 Å². The molecule has 20 heavy (non-hydrogen) atoms. The summed E-state index contributed by atoms with van der Waals surface area (Å²) in [6.45, 7) is 0. The molecule has 0 radical (unpaired) electrons. The first-order chi connectivity index (χ1) is 8.97. The summed E-state index contributed by atoms with van der Waals surface area (Å²) in [5.74, 6) is -1.58. The van der Waals surface area contributed by atoms with Crippen molar-refractivity contribution >= 4 is 35.7 Å². The molecule has 0 aliphatic rings. The molecular formula is C8H4BrClF5NO3S. The Labute approximate surface area is 122 Å². The molecule has 0 saturated heterocycles. The van der Waals surface area contributed by atoms with E-state index in [1.165, 1.54) is 0 Å². The Bertz CT molecular complexity index is 607. The van der Waals surface area contributed by atoms with Crippen LogP contribution in [0, 0.1) is 0 Å². The third kappa shape index (κ3) is 4.16. The van der Waals surface area contributed by atoms with Crippen molar-refractivity contribution in [2.45, 2.75) is 23.0 Å². The molecule has 12 heteroatoms. The average Bonchev–Trinajstić information content (AvgIpc) is 2.23. The fourth-order valence-electron chi connectivity index (χ4n) is 1.25. The van der Waals surface area contributed by atoms with Gasteiger partial charge in [-0.2, -0.15) is 0 Å². The zero-order chi connectivity index (χ0) is 15.7. The van der Waals surface area contributed by atoms with Crippen molar-refractivity contribution in [3.63, 3.8) is 0 Å². The Hall–Kier alpha value is -0.680. The molecule has 0 aromatic carbocycles. The van der Waals surface area contributed by atoms with Crippen LogP contribution >= 0.6 is 26.6 Å². The second-order valence-corrected chi connectivity index (χ2v) is 6.30. The van der Waals surface area contributed by atoms with Crippen LogP contribution in [0.3, 0.4) is 0 Å². The number of hydrogen-bond donors (Lipinski definition) is 0. The fraction of sp³-hybridized carbons (Fsp3) is 0.375. The summed E-state index contributed by atoms with van der Waals surface area (Å²) in [5.41, 5.74) is -1.81. The van der Waals surface area contributed by atoms with Gasteiger partial charge in [0.1, 0.15) is 4.90 Å². The van der Waals surface area contributed by atoms with E-state index in [-0.39, 0.29) is 5.33 Å². The largest absolute Gasteiger partial charge is 0.573 e. The minimum Gasteiger partial charge on any atom is -0.404 e. The quantitative estimate of drug-likeness (QED) is 0.436. The van der Waals surface area contributed by atoms with Crippen molar-refractivity contribution in [3.8, 4) is 5.75 Å². The Morgan fingerprint density at radius 1 is 1.40 bits per heavy atom. The van der Waals surface area contributed by atoms with Crippen LogP contribution in [0.4, 0.5) is 22.0 Å². The van der Waals surface area contributed by atoms with E-state index in [9.17, 15) is 30.4 Å². The molecule has 4 nitrogen and oxygen atoms in total. The Morgan fingerprint density at radius 3 is 2.30 bits per heavy atom. The second-order valence-electron chi connectivity index (χ2n) is 3.24. The minimum absolute atomic E-state index is 0.327. The lowest BCUT2D eigenvalue weighted by Gasteiger charge is -2.16. The highest BCUT2D eigenvalue weighted by molar-refractivity contribution is 9.08.